The van der Waals surface area contributed by atoms with Crippen LogP contribution in [0.3, 0.4) is 0 Å². The molecule has 0 saturated carbocycles. The van der Waals surface area contributed by atoms with E-state index in [0.717, 1.165) is 49.4 Å². The molecule has 1 aromatic heterocycles. The van der Waals surface area contributed by atoms with E-state index in [1.807, 2.05) is 24.3 Å². The number of anilines is 2. The van der Waals surface area contributed by atoms with E-state index in [4.69, 9.17) is 21.4 Å². The number of methoxy groups -OCH3 is 1. The molecule has 3 rings (SSSR count). The van der Waals surface area contributed by atoms with E-state index in [-0.39, 0.29) is 6.61 Å². The van der Waals surface area contributed by atoms with Gasteiger partial charge in [0.1, 0.15) is 12.1 Å². The van der Waals surface area contributed by atoms with Crippen LogP contribution >= 0.6 is 11.6 Å². The Labute approximate surface area is 175 Å². The first-order valence-corrected chi connectivity index (χ1v) is 10.4. The molecule has 29 heavy (non-hydrogen) atoms. The Bertz CT molecular complexity index is 951. The third-order valence-electron chi connectivity index (χ3n) is 5.16. The highest BCUT2D eigenvalue weighted by atomic mass is 35.5. The SMILES string of the molecule is COC1(O)C=c2ncnc(Nc3cc(Cl)ccc3CCCCCCCO)c2=CC1. The average Bonchev–Trinajstić information content (AvgIpc) is 2.72. The van der Waals surface area contributed by atoms with E-state index in [2.05, 4.69) is 15.3 Å². The maximum Gasteiger partial charge on any atom is 0.190 e. The number of nitrogens with one attached hydrogen (secondary N) is 1. The third kappa shape index (κ3) is 5.76. The number of halogens is 1. The van der Waals surface area contributed by atoms with Crippen LogP contribution in [0.4, 0.5) is 11.5 Å². The van der Waals surface area contributed by atoms with E-state index >= 15 is 0 Å². The summed E-state index contributed by atoms with van der Waals surface area (Å²) in [5, 5.41) is 24.7. The molecule has 0 amide bonds. The van der Waals surface area contributed by atoms with Crippen molar-refractivity contribution in [2.24, 2.45) is 0 Å². The minimum Gasteiger partial charge on any atom is -0.396 e. The maximum atomic E-state index is 10.3. The number of aliphatic hydroxyl groups is 2. The van der Waals surface area contributed by atoms with Crippen LogP contribution in [0, 0.1) is 0 Å². The maximum absolute atomic E-state index is 10.3. The van der Waals surface area contributed by atoms with Crippen LogP contribution in [0.5, 0.6) is 0 Å². The molecule has 1 aromatic carbocycles. The van der Waals surface area contributed by atoms with Gasteiger partial charge < -0.3 is 20.3 Å². The number of aryl methyl sites for hydroxylation is 1. The second-order valence-corrected chi connectivity index (χ2v) is 7.73. The van der Waals surface area contributed by atoms with E-state index in [0.29, 0.717) is 22.6 Å². The number of hydrogen-bond acceptors (Lipinski definition) is 6. The summed E-state index contributed by atoms with van der Waals surface area (Å²) in [4.78, 5) is 8.67. The van der Waals surface area contributed by atoms with E-state index in [9.17, 15) is 5.11 Å². The van der Waals surface area contributed by atoms with Crippen molar-refractivity contribution in [2.45, 2.75) is 50.7 Å². The van der Waals surface area contributed by atoms with Crippen molar-refractivity contribution in [1.82, 2.24) is 9.97 Å². The molecule has 156 valence electrons. The summed E-state index contributed by atoms with van der Waals surface area (Å²) in [6, 6.07) is 5.86. The smallest absolute Gasteiger partial charge is 0.190 e. The Balaban J connectivity index is 1.78. The molecule has 1 heterocycles. The minimum atomic E-state index is -1.34. The molecular weight excluding hydrogens is 390 g/mol. The number of nitrogens with zero attached hydrogens (tertiary/aromatic N) is 2. The Hall–Kier alpha value is -1.99. The predicted octanol–water partition coefficient (Wildman–Crippen LogP) is 2.66. The van der Waals surface area contributed by atoms with Crippen LogP contribution in [0.2, 0.25) is 5.02 Å². The molecule has 2 aromatic rings. The topological polar surface area (TPSA) is 87.5 Å². The molecule has 0 aliphatic heterocycles. The summed E-state index contributed by atoms with van der Waals surface area (Å²) in [7, 11) is 1.47. The zero-order chi connectivity index (χ0) is 20.7. The molecule has 1 aliphatic rings. The molecule has 0 radical (unpaired) electrons. The van der Waals surface area contributed by atoms with Gasteiger partial charge >= 0.3 is 0 Å². The molecule has 1 unspecified atom stereocenters. The normalized spacial score (nSPS) is 17.9. The average molecular weight is 418 g/mol. The molecule has 1 aliphatic carbocycles. The molecule has 3 N–H and O–H groups in total. The van der Waals surface area contributed by atoms with Crippen molar-refractivity contribution in [3.05, 3.63) is 45.7 Å². The summed E-state index contributed by atoms with van der Waals surface area (Å²) < 4.78 is 5.16. The van der Waals surface area contributed by atoms with Crippen LogP contribution in [0.25, 0.3) is 12.2 Å². The standard InChI is InChI=1S/C22H28ClN3O3/c1-29-22(28)11-10-18-20(14-22)24-15-25-21(18)26-19-13-17(23)9-8-16(19)7-5-3-2-4-6-12-27/h8-10,13-15,27-28H,2-7,11-12H2,1H3,(H,24,25,26). The largest absolute Gasteiger partial charge is 0.396 e. The van der Waals surface area contributed by atoms with E-state index in [1.165, 1.54) is 19.0 Å². The van der Waals surface area contributed by atoms with Crippen molar-refractivity contribution in [3.8, 4) is 0 Å². The van der Waals surface area contributed by atoms with Gasteiger partial charge in [0, 0.05) is 42.1 Å². The van der Waals surface area contributed by atoms with E-state index < -0.39 is 5.79 Å². The first-order chi connectivity index (χ1) is 14.0. The Morgan fingerprint density at radius 2 is 1.97 bits per heavy atom. The van der Waals surface area contributed by atoms with Gasteiger partial charge in [-0.25, -0.2) is 9.97 Å². The quantitative estimate of drug-likeness (QED) is 0.407. The summed E-state index contributed by atoms with van der Waals surface area (Å²) >= 11 is 6.24. The lowest BCUT2D eigenvalue weighted by molar-refractivity contribution is -0.127. The van der Waals surface area contributed by atoms with Gasteiger partial charge in [-0.1, -0.05) is 43.0 Å². The first-order valence-electron chi connectivity index (χ1n) is 10.0. The third-order valence-corrected chi connectivity index (χ3v) is 5.39. The molecule has 0 spiro atoms. The van der Waals surface area contributed by atoms with Gasteiger partial charge in [-0.2, -0.15) is 0 Å². The van der Waals surface area contributed by atoms with Crippen molar-refractivity contribution in [2.75, 3.05) is 19.0 Å². The highest BCUT2D eigenvalue weighted by Gasteiger charge is 2.25. The fraction of sp³-hybridized carbons (Fsp3) is 0.455. The monoisotopic (exact) mass is 417 g/mol. The number of hydrogen-bond donors (Lipinski definition) is 3. The lowest BCUT2D eigenvalue weighted by Crippen LogP contribution is -2.42. The fourth-order valence-corrected chi connectivity index (χ4v) is 3.63. The number of ether oxygens (including phenoxy) is 1. The van der Waals surface area contributed by atoms with Gasteiger partial charge in [0.15, 0.2) is 5.79 Å². The lowest BCUT2D eigenvalue weighted by Gasteiger charge is -2.23. The van der Waals surface area contributed by atoms with Gasteiger partial charge in [0.05, 0.1) is 5.35 Å². The zero-order valence-electron chi connectivity index (χ0n) is 16.7. The number of fused-ring (bicyclic) bond motifs is 1. The predicted molar refractivity (Wildman–Crippen MR) is 115 cm³/mol. The van der Waals surface area contributed by atoms with Crippen LogP contribution in [-0.2, 0) is 11.2 Å². The highest BCUT2D eigenvalue weighted by molar-refractivity contribution is 6.30. The summed E-state index contributed by atoms with van der Waals surface area (Å²) in [6.07, 6.45) is 11.5. The van der Waals surface area contributed by atoms with Crippen LogP contribution in [0.1, 0.15) is 44.1 Å². The van der Waals surface area contributed by atoms with Gasteiger partial charge in [-0.3, -0.25) is 0 Å². The summed E-state index contributed by atoms with van der Waals surface area (Å²) in [6.45, 7) is 0.269. The molecule has 1 atom stereocenters. The highest BCUT2D eigenvalue weighted by Crippen LogP contribution is 2.25. The van der Waals surface area contributed by atoms with Gasteiger partial charge in [0.25, 0.3) is 0 Å². The summed E-state index contributed by atoms with van der Waals surface area (Å²) in [5.74, 6) is -0.661. The van der Waals surface area contributed by atoms with Gasteiger partial charge in [-0.05, 0) is 37.0 Å². The number of aliphatic hydroxyl groups excluding tert-OH is 1. The molecule has 7 heteroatoms. The van der Waals surface area contributed by atoms with Crippen molar-refractivity contribution in [1.29, 1.82) is 0 Å². The number of benzene rings is 1. The zero-order valence-corrected chi connectivity index (χ0v) is 17.5. The molecule has 6 nitrogen and oxygen atoms in total. The Morgan fingerprint density at radius 3 is 2.76 bits per heavy atom. The van der Waals surface area contributed by atoms with Gasteiger partial charge in [0.2, 0.25) is 0 Å². The number of rotatable bonds is 10. The lowest BCUT2D eigenvalue weighted by atomic mass is 10.0. The Morgan fingerprint density at radius 1 is 1.17 bits per heavy atom. The number of aromatic nitrogens is 2. The minimum absolute atomic E-state index is 0.269. The number of unbranched alkanes of at least 4 members (excludes halogenated alkanes) is 4. The van der Waals surface area contributed by atoms with Crippen molar-refractivity contribution in [3.63, 3.8) is 0 Å². The summed E-state index contributed by atoms with van der Waals surface area (Å²) in [5.41, 5.74) is 2.10. The fourth-order valence-electron chi connectivity index (χ4n) is 3.46. The molecule has 0 saturated heterocycles. The molecular formula is C22H28ClN3O3. The molecule has 0 fully saturated rings. The van der Waals surface area contributed by atoms with E-state index in [1.54, 1.807) is 6.08 Å². The van der Waals surface area contributed by atoms with Crippen LogP contribution in [0.15, 0.2) is 24.5 Å². The van der Waals surface area contributed by atoms with Gasteiger partial charge in [-0.15, -0.1) is 0 Å². The molecule has 0 bridgehead atoms. The van der Waals surface area contributed by atoms with Crippen LogP contribution in [-0.4, -0.2) is 39.7 Å². The first kappa shape index (κ1) is 21.7. The second kappa shape index (κ2) is 10.2. The van der Waals surface area contributed by atoms with Crippen LogP contribution < -0.4 is 15.9 Å². The Kier molecular flexibility index (Phi) is 7.61. The second-order valence-electron chi connectivity index (χ2n) is 7.29. The van der Waals surface area contributed by atoms with Crippen molar-refractivity contribution < 1.29 is 14.9 Å². The van der Waals surface area contributed by atoms with Crippen molar-refractivity contribution >= 4 is 35.3 Å².